The SMILES string of the molecule is CCCc1ccc(COc2ccc3c(c2)CCC(CN2CC(OC(=O)O)C2)=C3C)c(Cl)c1. The zero-order chi connectivity index (χ0) is 22.7. The van der Waals surface area contributed by atoms with E-state index < -0.39 is 6.16 Å². The topological polar surface area (TPSA) is 59.0 Å². The van der Waals surface area contributed by atoms with Gasteiger partial charge in [-0.15, -0.1) is 0 Å². The lowest BCUT2D eigenvalue weighted by atomic mass is 9.85. The first-order chi connectivity index (χ1) is 15.4. The zero-order valence-corrected chi connectivity index (χ0v) is 19.5. The molecule has 0 amide bonds. The number of hydrogen-bond acceptors (Lipinski definition) is 4. The number of benzene rings is 2. The molecule has 0 atom stereocenters. The molecule has 2 aromatic rings. The standard InChI is InChI=1S/C26H30ClNO4/c1-3-4-18-5-6-21(25(27)11-18)16-31-22-9-10-24-17(2)20(8-7-19(24)12-22)13-28-14-23(15-28)32-26(29)30/h5-6,9-12,23H,3-4,7-8,13-16H2,1-2H3,(H,29,30). The van der Waals surface area contributed by atoms with Gasteiger partial charge in [-0.1, -0.05) is 48.7 Å². The number of rotatable bonds is 8. The van der Waals surface area contributed by atoms with Gasteiger partial charge in [-0.3, -0.25) is 4.90 Å². The number of likely N-dealkylation sites (tertiary alicyclic amines) is 1. The second kappa shape index (κ2) is 9.97. The molecule has 0 aromatic heterocycles. The molecule has 0 radical (unpaired) electrons. The number of carbonyl (C=O) groups is 1. The maximum Gasteiger partial charge on any atom is 0.506 e. The summed E-state index contributed by atoms with van der Waals surface area (Å²) in [6.45, 7) is 7.01. The van der Waals surface area contributed by atoms with E-state index in [9.17, 15) is 4.79 Å². The summed E-state index contributed by atoms with van der Waals surface area (Å²) in [7, 11) is 0. The predicted octanol–water partition coefficient (Wildman–Crippen LogP) is 5.97. The molecule has 1 N–H and O–H groups in total. The highest BCUT2D eigenvalue weighted by Crippen LogP contribution is 2.34. The van der Waals surface area contributed by atoms with E-state index in [1.165, 1.54) is 27.8 Å². The highest BCUT2D eigenvalue weighted by atomic mass is 35.5. The summed E-state index contributed by atoms with van der Waals surface area (Å²) in [6.07, 6.45) is 2.75. The van der Waals surface area contributed by atoms with Crippen molar-refractivity contribution < 1.29 is 19.4 Å². The normalized spacial score (nSPS) is 16.5. The Labute approximate surface area is 194 Å². The highest BCUT2D eigenvalue weighted by Gasteiger charge is 2.31. The molecule has 5 nitrogen and oxygen atoms in total. The van der Waals surface area contributed by atoms with E-state index in [1.807, 2.05) is 12.1 Å². The van der Waals surface area contributed by atoms with Gasteiger partial charge in [0.2, 0.25) is 0 Å². The van der Waals surface area contributed by atoms with Crippen LogP contribution in [-0.2, 0) is 24.2 Å². The second-order valence-electron chi connectivity index (χ2n) is 8.71. The smallest absolute Gasteiger partial charge is 0.489 e. The van der Waals surface area contributed by atoms with Gasteiger partial charge in [0, 0.05) is 30.2 Å². The van der Waals surface area contributed by atoms with E-state index in [0.29, 0.717) is 19.7 Å². The lowest BCUT2D eigenvalue weighted by Gasteiger charge is -2.39. The van der Waals surface area contributed by atoms with Crippen molar-refractivity contribution >= 4 is 23.3 Å². The number of ether oxygens (including phenoxy) is 2. The first-order valence-corrected chi connectivity index (χ1v) is 11.6. The maximum atomic E-state index is 10.6. The molecule has 0 spiro atoms. The summed E-state index contributed by atoms with van der Waals surface area (Å²) in [5.74, 6) is 0.866. The average Bonchev–Trinajstić information content (AvgIpc) is 2.73. The summed E-state index contributed by atoms with van der Waals surface area (Å²) >= 11 is 6.45. The Morgan fingerprint density at radius 3 is 2.72 bits per heavy atom. The Bertz CT molecular complexity index is 1030. The third kappa shape index (κ3) is 5.28. The maximum absolute atomic E-state index is 10.6. The molecule has 2 aromatic carbocycles. The number of hydrogen-bond donors (Lipinski definition) is 1. The van der Waals surface area contributed by atoms with Crippen LogP contribution in [0.1, 0.15) is 48.9 Å². The molecule has 1 aliphatic carbocycles. The molecule has 0 saturated carbocycles. The van der Waals surface area contributed by atoms with Crippen LogP contribution in [0.25, 0.3) is 5.57 Å². The fraction of sp³-hybridized carbons (Fsp3) is 0.423. The van der Waals surface area contributed by atoms with Crippen LogP contribution < -0.4 is 4.74 Å². The van der Waals surface area contributed by atoms with Crippen LogP contribution in [0, 0.1) is 0 Å². The summed E-state index contributed by atoms with van der Waals surface area (Å²) < 4.78 is 10.9. The molecular weight excluding hydrogens is 426 g/mol. The third-order valence-electron chi connectivity index (χ3n) is 6.36. The zero-order valence-electron chi connectivity index (χ0n) is 18.7. The van der Waals surface area contributed by atoms with Crippen molar-refractivity contribution in [3.05, 3.63) is 69.2 Å². The van der Waals surface area contributed by atoms with Gasteiger partial charge in [-0.2, -0.15) is 0 Å². The van der Waals surface area contributed by atoms with Crippen molar-refractivity contribution in [1.82, 2.24) is 4.90 Å². The lowest BCUT2D eigenvalue weighted by Crippen LogP contribution is -2.53. The van der Waals surface area contributed by atoms with Crippen LogP contribution in [0.3, 0.4) is 0 Å². The van der Waals surface area contributed by atoms with Crippen LogP contribution in [0.5, 0.6) is 5.75 Å². The molecule has 170 valence electrons. The van der Waals surface area contributed by atoms with Gasteiger partial charge in [0.25, 0.3) is 0 Å². The number of halogens is 1. The van der Waals surface area contributed by atoms with Crippen molar-refractivity contribution in [2.75, 3.05) is 19.6 Å². The van der Waals surface area contributed by atoms with E-state index in [0.717, 1.165) is 48.6 Å². The number of aryl methyl sites for hydroxylation is 2. The minimum atomic E-state index is -1.19. The molecule has 2 aliphatic rings. The molecule has 32 heavy (non-hydrogen) atoms. The van der Waals surface area contributed by atoms with Crippen molar-refractivity contribution in [1.29, 1.82) is 0 Å². The average molecular weight is 456 g/mol. The van der Waals surface area contributed by atoms with Crippen LogP contribution in [0.4, 0.5) is 4.79 Å². The molecule has 1 aliphatic heterocycles. The monoisotopic (exact) mass is 455 g/mol. The number of allylic oxidation sites excluding steroid dienone is 1. The van der Waals surface area contributed by atoms with Crippen LogP contribution in [0.2, 0.25) is 5.02 Å². The molecule has 4 rings (SSSR count). The van der Waals surface area contributed by atoms with Gasteiger partial charge in [0.15, 0.2) is 0 Å². The van der Waals surface area contributed by atoms with E-state index in [4.69, 9.17) is 26.2 Å². The molecule has 6 heteroatoms. The Morgan fingerprint density at radius 2 is 2.00 bits per heavy atom. The summed E-state index contributed by atoms with van der Waals surface area (Å²) in [5.41, 5.74) is 7.58. The fourth-order valence-electron chi connectivity index (χ4n) is 4.55. The minimum absolute atomic E-state index is 0.194. The van der Waals surface area contributed by atoms with Crippen molar-refractivity contribution in [2.24, 2.45) is 0 Å². The van der Waals surface area contributed by atoms with E-state index >= 15 is 0 Å². The van der Waals surface area contributed by atoms with Gasteiger partial charge < -0.3 is 14.6 Å². The Hall–Kier alpha value is -2.50. The number of carboxylic acid groups (broad SMARTS) is 1. The summed E-state index contributed by atoms with van der Waals surface area (Å²) in [6, 6.07) is 12.6. The first kappa shape index (κ1) is 22.7. The Balaban J connectivity index is 1.37. The summed E-state index contributed by atoms with van der Waals surface area (Å²) in [5, 5.41) is 9.47. The van der Waals surface area contributed by atoms with E-state index in [1.54, 1.807) is 0 Å². The first-order valence-electron chi connectivity index (χ1n) is 11.3. The fourth-order valence-corrected chi connectivity index (χ4v) is 4.80. The Morgan fingerprint density at radius 1 is 1.19 bits per heavy atom. The molecular formula is C26H30ClNO4. The predicted molar refractivity (Wildman–Crippen MR) is 126 cm³/mol. The highest BCUT2D eigenvalue weighted by molar-refractivity contribution is 6.31. The van der Waals surface area contributed by atoms with Gasteiger partial charge >= 0.3 is 6.16 Å². The Kier molecular flexibility index (Phi) is 7.07. The number of fused-ring (bicyclic) bond motifs is 1. The molecule has 1 heterocycles. The van der Waals surface area contributed by atoms with Gasteiger partial charge in [0.05, 0.1) is 0 Å². The van der Waals surface area contributed by atoms with Gasteiger partial charge in [-0.05, 0) is 66.6 Å². The molecule has 0 unspecified atom stereocenters. The van der Waals surface area contributed by atoms with Crippen LogP contribution in [0.15, 0.2) is 42.0 Å². The third-order valence-corrected chi connectivity index (χ3v) is 6.72. The molecule has 0 bridgehead atoms. The molecule has 1 saturated heterocycles. The van der Waals surface area contributed by atoms with E-state index in [-0.39, 0.29) is 6.10 Å². The number of nitrogens with zero attached hydrogens (tertiary/aromatic N) is 1. The van der Waals surface area contributed by atoms with Crippen molar-refractivity contribution in [3.63, 3.8) is 0 Å². The van der Waals surface area contributed by atoms with Crippen LogP contribution in [-0.4, -0.2) is 41.9 Å². The van der Waals surface area contributed by atoms with Crippen molar-refractivity contribution in [2.45, 2.75) is 52.2 Å². The van der Waals surface area contributed by atoms with Gasteiger partial charge in [-0.25, -0.2) is 4.79 Å². The lowest BCUT2D eigenvalue weighted by molar-refractivity contribution is -0.0292. The van der Waals surface area contributed by atoms with E-state index in [2.05, 4.69) is 43.0 Å². The largest absolute Gasteiger partial charge is 0.506 e. The molecule has 1 fully saturated rings. The minimum Gasteiger partial charge on any atom is -0.489 e. The van der Waals surface area contributed by atoms with Gasteiger partial charge in [0.1, 0.15) is 18.5 Å². The van der Waals surface area contributed by atoms with Crippen LogP contribution >= 0.6 is 11.6 Å². The quantitative estimate of drug-likeness (QED) is 0.497. The second-order valence-corrected chi connectivity index (χ2v) is 9.12. The summed E-state index contributed by atoms with van der Waals surface area (Å²) in [4.78, 5) is 12.9. The van der Waals surface area contributed by atoms with Crippen molar-refractivity contribution in [3.8, 4) is 5.75 Å².